The average molecular weight is 573 g/mol. The normalized spacial score (nSPS) is 14.8. The van der Waals surface area contributed by atoms with Crippen LogP contribution in [0.15, 0.2) is 71.3 Å². The smallest absolute Gasteiger partial charge is 0.350 e. The molecule has 11 nitrogen and oxygen atoms in total. The van der Waals surface area contributed by atoms with Crippen molar-refractivity contribution in [2.24, 2.45) is 5.92 Å². The molecule has 0 aliphatic carbocycles. The van der Waals surface area contributed by atoms with Crippen molar-refractivity contribution in [3.8, 4) is 11.5 Å². The van der Waals surface area contributed by atoms with Crippen LogP contribution in [-0.4, -0.2) is 67.0 Å². The molecule has 42 heavy (non-hydrogen) atoms. The molecule has 5 aromatic rings. The highest BCUT2D eigenvalue weighted by molar-refractivity contribution is 5.97. The number of nitrogens with one attached hydrogen (secondary N) is 1. The van der Waals surface area contributed by atoms with Crippen LogP contribution >= 0.6 is 0 Å². The van der Waals surface area contributed by atoms with Crippen molar-refractivity contribution in [1.82, 2.24) is 40.4 Å². The molecule has 1 aliphatic heterocycles. The number of hydrogen-bond donors (Lipinski definition) is 1. The van der Waals surface area contributed by atoms with Gasteiger partial charge in [0.2, 0.25) is 5.89 Å². The van der Waals surface area contributed by atoms with E-state index in [9.17, 15) is 18.4 Å². The van der Waals surface area contributed by atoms with Crippen LogP contribution in [0.25, 0.3) is 22.6 Å². The number of aromatic nitrogens is 6. The molecule has 2 amide bonds. The van der Waals surface area contributed by atoms with E-state index < -0.39 is 6.55 Å². The Morgan fingerprint density at radius 2 is 1.83 bits per heavy atom. The maximum Gasteiger partial charge on any atom is 0.350 e. The number of amides is 2. The average Bonchev–Trinajstić information content (AvgIpc) is 3.69. The van der Waals surface area contributed by atoms with E-state index in [0.717, 1.165) is 5.56 Å². The highest BCUT2D eigenvalue weighted by atomic mass is 19.3. The molecule has 1 saturated heterocycles. The van der Waals surface area contributed by atoms with Crippen molar-refractivity contribution >= 4 is 22.9 Å². The first-order valence-electron chi connectivity index (χ1n) is 13.4. The molecule has 0 saturated carbocycles. The van der Waals surface area contributed by atoms with Gasteiger partial charge in [-0.2, -0.15) is 8.78 Å². The van der Waals surface area contributed by atoms with E-state index in [1.165, 1.54) is 6.20 Å². The van der Waals surface area contributed by atoms with Gasteiger partial charge in [0.15, 0.2) is 11.4 Å². The second kappa shape index (κ2) is 11.4. The molecule has 1 fully saturated rings. The van der Waals surface area contributed by atoms with Crippen LogP contribution in [0.3, 0.4) is 0 Å². The van der Waals surface area contributed by atoms with E-state index in [0.29, 0.717) is 58.8 Å². The number of halogens is 2. The molecule has 2 aromatic carbocycles. The molecule has 0 bridgehead atoms. The van der Waals surface area contributed by atoms with Gasteiger partial charge in [0, 0.05) is 37.5 Å². The van der Waals surface area contributed by atoms with Crippen LogP contribution in [0, 0.1) is 5.92 Å². The van der Waals surface area contributed by atoms with Gasteiger partial charge in [0.25, 0.3) is 11.8 Å². The van der Waals surface area contributed by atoms with E-state index in [4.69, 9.17) is 4.42 Å². The van der Waals surface area contributed by atoms with E-state index in [1.807, 2.05) is 30.3 Å². The van der Waals surface area contributed by atoms with Crippen molar-refractivity contribution < 1.29 is 22.8 Å². The van der Waals surface area contributed by atoms with Crippen molar-refractivity contribution in [3.63, 3.8) is 0 Å². The summed E-state index contributed by atoms with van der Waals surface area (Å²) in [6.45, 7) is -1.97. The SMILES string of the molecule is CNC(=O)c1ccc2oc(-c3ccnc(C(=O)N4CCC(C(c5ccccc5)c5nnn(C(F)F)n5)CC4)c3)nc2c1. The number of piperidine rings is 1. The first-order chi connectivity index (χ1) is 20.4. The zero-order chi connectivity index (χ0) is 29.2. The largest absolute Gasteiger partial charge is 0.436 e. The Balaban J connectivity index is 1.18. The summed E-state index contributed by atoms with van der Waals surface area (Å²) in [6, 6.07) is 17.8. The lowest BCUT2D eigenvalue weighted by molar-refractivity contribution is 0.0391. The Kier molecular flexibility index (Phi) is 7.38. The van der Waals surface area contributed by atoms with Crippen LogP contribution in [0.2, 0.25) is 0 Å². The summed E-state index contributed by atoms with van der Waals surface area (Å²) in [4.78, 5) is 36.3. The molecule has 1 unspecified atom stereocenters. The molecule has 3 aromatic heterocycles. The maximum absolute atomic E-state index is 13.4. The number of benzene rings is 2. The second-order valence-corrected chi connectivity index (χ2v) is 9.97. The monoisotopic (exact) mass is 572 g/mol. The Bertz CT molecular complexity index is 1730. The summed E-state index contributed by atoms with van der Waals surface area (Å²) in [7, 11) is 1.56. The van der Waals surface area contributed by atoms with Gasteiger partial charge in [-0.3, -0.25) is 14.6 Å². The van der Waals surface area contributed by atoms with Crippen LogP contribution < -0.4 is 5.32 Å². The Morgan fingerprint density at radius 3 is 2.55 bits per heavy atom. The fourth-order valence-electron chi connectivity index (χ4n) is 5.35. The topological polar surface area (TPSA) is 132 Å². The summed E-state index contributed by atoms with van der Waals surface area (Å²) in [5.74, 6) is -0.226. The molecule has 214 valence electrons. The summed E-state index contributed by atoms with van der Waals surface area (Å²) >= 11 is 0. The number of alkyl halides is 2. The predicted molar refractivity (Wildman–Crippen MR) is 147 cm³/mol. The molecule has 6 rings (SSSR count). The van der Waals surface area contributed by atoms with Crippen LogP contribution in [0.1, 0.15) is 57.5 Å². The molecule has 1 atom stereocenters. The highest BCUT2D eigenvalue weighted by Gasteiger charge is 2.34. The number of oxazole rings is 1. The predicted octanol–water partition coefficient (Wildman–Crippen LogP) is 4.32. The number of fused-ring (bicyclic) bond motifs is 1. The molecule has 0 spiro atoms. The number of carbonyl (C=O) groups is 2. The summed E-state index contributed by atoms with van der Waals surface area (Å²) in [5, 5.41) is 14.0. The van der Waals surface area contributed by atoms with Gasteiger partial charge in [-0.15, -0.1) is 10.2 Å². The van der Waals surface area contributed by atoms with Crippen LogP contribution in [-0.2, 0) is 0 Å². The lowest BCUT2D eigenvalue weighted by Crippen LogP contribution is -2.40. The number of carbonyl (C=O) groups excluding carboxylic acids is 2. The molecular formula is C29H26F2N8O3. The zero-order valence-corrected chi connectivity index (χ0v) is 22.5. The molecule has 1 N–H and O–H groups in total. The number of hydrogen-bond acceptors (Lipinski definition) is 8. The van der Waals surface area contributed by atoms with E-state index in [-0.39, 0.29) is 35.2 Å². The van der Waals surface area contributed by atoms with Gasteiger partial charge in [-0.1, -0.05) is 35.1 Å². The third-order valence-corrected chi connectivity index (χ3v) is 7.46. The van der Waals surface area contributed by atoms with Crippen molar-refractivity contribution in [3.05, 3.63) is 89.5 Å². The first-order valence-corrected chi connectivity index (χ1v) is 13.4. The second-order valence-electron chi connectivity index (χ2n) is 9.97. The molecule has 13 heteroatoms. The minimum atomic E-state index is -2.87. The Morgan fingerprint density at radius 1 is 1.05 bits per heavy atom. The minimum absolute atomic E-state index is 0.0190. The first kappa shape index (κ1) is 27.1. The third-order valence-electron chi connectivity index (χ3n) is 7.46. The van der Waals surface area contributed by atoms with E-state index >= 15 is 0 Å². The maximum atomic E-state index is 13.4. The van der Waals surface area contributed by atoms with E-state index in [2.05, 4.69) is 30.7 Å². The Hall–Kier alpha value is -5.07. The van der Waals surface area contributed by atoms with Crippen molar-refractivity contribution in [1.29, 1.82) is 0 Å². The van der Waals surface area contributed by atoms with Gasteiger partial charge >= 0.3 is 6.55 Å². The van der Waals surface area contributed by atoms with Crippen molar-refractivity contribution in [2.75, 3.05) is 20.1 Å². The number of tetrazole rings is 1. The number of rotatable bonds is 7. The molecule has 1 aliphatic rings. The number of pyridine rings is 1. The number of nitrogens with zero attached hydrogens (tertiary/aromatic N) is 7. The molecule has 4 heterocycles. The quantitative estimate of drug-likeness (QED) is 0.305. The highest BCUT2D eigenvalue weighted by Crippen LogP contribution is 2.37. The lowest BCUT2D eigenvalue weighted by atomic mass is 9.79. The zero-order valence-electron chi connectivity index (χ0n) is 22.5. The standard InChI is InChI=1S/C29H26F2N8O3/c1-32-26(40)19-7-8-23-21(15-19)34-27(42-23)20-9-12-33-22(16-20)28(41)38-13-10-18(11-14-38)24(17-5-3-2-4-6-17)25-35-37-39(36-25)29(30)31/h2-9,12,15-16,18,24,29H,10-11,13-14H2,1H3,(H,32,40). The van der Waals surface area contributed by atoms with Gasteiger partial charge in [0.05, 0.1) is 5.92 Å². The minimum Gasteiger partial charge on any atom is -0.436 e. The number of likely N-dealkylation sites (tertiary alicyclic amines) is 1. The fraction of sp³-hybridized carbons (Fsp3) is 0.276. The third kappa shape index (κ3) is 5.32. The summed E-state index contributed by atoms with van der Waals surface area (Å²) in [6.07, 6.45) is 2.77. The molecule has 0 radical (unpaired) electrons. The lowest BCUT2D eigenvalue weighted by Gasteiger charge is -2.35. The van der Waals surface area contributed by atoms with Gasteiger partial charge in [-0.25, -0.2) is 4.98 Å². The van der Waals surface area contributed by atoms with Gasteiger partial charge < -0.3 is 14.6 Å². The fourth-order valence-corrected chi connectivity index (χ4v) is 5.35. The summed E-state index contributed by atoms with van der Waals surface area (Å²) < 4.78 is 32.2. The van der Waals surface area contributed by atoms with Crippen molar-refractivity contribution in [2.45, 2.75) is 25.3 Å². The van der Waals surface area contributed by atoms with Gasteiger partial charge in [-0.05, 0) is 59.9 Å². The van der Waals surface area contributed by atoms with Crippen LogP contribution in [0.5, 0.6) is 0 Å². The van der Waals surface area contributed by atoms with E-state index in [1.54, 1.807) is 42.3 Å². The van der Waals surface area contributed by atoms with Gasteiger partial charge in [0.1, 0.15) is 11.2 Å². The summed E-state index contributed by atoms with van der Waals surface area (Å²) in [5.41, 5.74) is 3.24. The van der Waals surface area contributed by atoms with Crippen LogP contribution in [0.4, 0.5) is 8.78 Å². The molecular weight excluding hydrogens is 546 g/mol. The Labute approximate surface area is 238 Å².